The number of alkyl halides is 1. The third-order valence-electron chi connectivity index (χ3n) is 11.1. The second-order valence-corrected chi connectivity index (χ2v) is 17.6. The molecule has 0 amide bonds. The zero-order valence-corrected chi connectivity index (χ0v) is 38.7. The van der Waals surface area contributed by atoms with E-state index in [1.807, 2.05) is 166 Å². The number of hydrogen-bond donors (Lipinski definition) is 1. The van der Waals surface area contributed by atoms with Crippen LogP contribution in [0, 0.1) is 6.92 Å². The Balaban J connectivity index is 0.000000155. The normalized spacial score (nSPS) is 11.4. The fraction of sp³-hybridized carbons (Fsp3) is 0.280. The van der Waals surface area contributed by atoms with Crippen LogP contribution < -0.4 is 14.7 Å². The highest BCUT2D eigenvalue weighted by Crippen LogP contribution is 2.21. The number of para-hydroxylation sites is 6. The Morgan fingerprint density at radius 3 is 1.32 bits per heavy atom. The first-order valence-corrected chi connectivity index (χ1v) is 23.4. The maximum absolute atomic E-state index is 12.2. The predicted molar refractivity (Wildman–Crippen MR) is 269 cm³/mol. The van der Waals surface area contributed by atoms with E-state index in [4.69, 9.17) is 9.29 Å². The second-order valence-electron chi connectivity index (χ2n) is 16.0. The van der Waals surface area contributed by atoms with Crippen molar-refractivity contribution in [2.24, 2.45) is 0 Å². The van der Waals surface area contributed by atoms with Crippen molar-refractivity contribution in [1.82, 2.24) is 43.1 Å². The summed E-state index contributed by atoms with van der Waals surface area (Å²) in [6.07, 6.45) is 7.69. The fourth-order valence-corrected chi connectivity index (χ4v) is 8.39. The average Bonchev–Trinajstić information content (AvgIpc) is 4.04. The lowest BCUT2D eigenvalue weighted by atomic mass is 10.2. The van der Waals surface area contributed by atoms with E-state index in [1.165, 1.54) is 0 Å². The summed E-state index contributed by atoms with van der Waals surface area (Å²) < 4.78 is 47.7. The first-order valence-electron chi connectivity index (χ1n) is 22.0. The topological polar surface area (TPSA) is 164 Å². The Kier molecular flexibility index (Phi) is 15.7. The number of anilines is 3. The van der Waals surface area contributed by atoms with Crippen LogP contribution in [0.15, 0.2) is 139 Å². The number of halogens is 1. The minimum absolute atomic E-state index is 0. The molecule has 10 aromatic rings. The third-order valence-corrected chi connectivity index (χ3v) is 12.5. The molecule has 0 bridgehead atoms. The number of aliphatic hydroxyl groups is 1. The zero-order valence-electron chi connectivity index (χ0n) is 37.9. The van der Waals surface area contributed by atoms with Gasteiger partial charge in [-0.05, 0) is 92.9 Å². The maximum atomic E-state index is 12.2. The number of benzene rings is 4. The Labute approximate surface area is 395 Å². The van der Waals surface area contributed by atoms with Crippen LogP contribution >= 0.6 is 0 Å². The van der Waals surface area contributed by atoms with E-state index in [1.54, 1.807) is 24.3 Å². The molecule has 0 radical (unpaired) electrons. The van der Waals surface area contributed by atoms with Crippen LogP contribution in [0.5, 0.6) is 0 Å². The van der Waals surface area contributed by atoms with Crippen LogP contribution in [0.2, 0.25) is 0 Å². The van der Waals surface area contributed by atoms with Crippen molar-refractivity contribution in [2.45, 2.75) is 38.5 Å². The van der Waals surface area contributed by atoms with Crippen molar-refractivity contribution in [2.75, 3.05) is 75.4 Å². The Hall–Kier alpha value is -7.28. The van der Waals surface area contributed by atoms with Gasteiger partial charge in [-0.2, -0.15) is 23.4 Å². The molecule has 0 aliphatic carbocycles. The van der Waals surface area contributed by atoms with Crippen molar-refractivity contribution < 1.29 is 22.1 Å². The van der Waals surface area contributed by atoms with Crippen LogP contribution in [0.1, 0.15) is 32.3 Å². The van der Waals surface area contributed by atoms with Crippen molar-refractivity contribution in [3.8, 4) is 0 Å². The molecule has 4 aromatic carbocycles. The molecule has 18 heteroatoms. The predicted octanol–water partition coefficient (Wildman–Crippen LogP) is 8.44. The van der Waals surface area contributed by atoms with Gasteiger partial charge in [-0.3, -0.25) is 21.8 Å². The van der Waals surface area contributed by atoms with Crippen LogP contribution in [-0.2, 0) is 14.3 Å². The average molecular weight is 941 g/mol. The monoisotopic (exact) mass is 940 g/mol. The van der Waals surface area contributed by atoms with E-state index in [9.17, 15) is 12.8 Å². The summed E-state index contributed by atoms with van der Waals surface area (Å²) in [6, 6.07) is 36.3. The largest absolute Gasteiger partial charge is 0.396 e. The van der Waals surface area contributed by atoms with Crippen molar-refractivity contribution in [3.63, 3.8) is 0 Å². The molecule has 0 atom stereocenters. The van der Waals surface area contributed by atoms with Gasteiger partial charge >= 0.3 is 0 Å². The minimum atomic E-state index is -3.73. The highest BCUT2D eigenvalue weighted by molar-refractivity contribution is 7.86. The summed E-state index contributed by atoms with van der Waals surface area (Å²) in [7, 11) is 2.07. The number of aromatic nitrogens is 9. The second kappa shape index (κ2) is 22.0. The Bertz CT molecular complexity index is 3240. The molecule has 0 saturated carbocycles. The quantitative estimate of drug-likeness (QED) is 0.0770. The molecule has 6 heterocycles. The molecule has 68 heavy (non-hydrogen) atoms. The van der Waals surface area contributed by atoms with E-state index in [0.717, 1.165) is 69.1 Å². The smallest absolute Gasteiger partial charge is 0.296 e. The van der Waals surface area contributed by atoms with E-state index >= 15 is 0 Å². The third kappa shape index (κ3) is 11.1. The van der Waals surface area contributed by atoms with E-state index < -0.39 is 10.1 Å². The van der Waals surface area contributed by atoms with Gasteiger partial charge in [0.1, 0.15) is 17.5 Å². The lowest BCUT2D eigenvalue weighted by molar-refractivity contribution is 0.290. The molecular formula is C50H57FN12O4S. The number of imidazole rings is 3. The first-order chi connectivity index (χ1) is 32.5. The summed E-state index contributed by atoms with van der Waals surface area (Å²) in [5.74, 6) is 4.47. The maximum Gasteiger partial charge on any atom is 0.296 e. The fourth-order valence-electron chi connectivity index (χ4n) is 7.45. The number of aryl methyl sites for hydroxylation is 1. The summed E-state index contributed by atoms with van der Waals surface area (Å²) in [4.78, 5) is 33.4. The van der Waals surface area contributed by atoms with Crippen molar-refractivity contribution >= 4 is 78.0 Å². The van der Waals surface area contributed by atoms with E-state index in [0.29, 0.717) is 43.3 Å². The van der Waals surface area contributed by atoms with Crippen LogP contribution in [0.3, 0.4) is 0 Å². The SMILES string of the molecule is C.CN(CCCF)c1ccn2c(n1)nc1ccccc12.CN(CCCO)c1ccn2c(n1)nc1ccccc12.Cc1ccc(S(=O)(=O)OCCCN(C)c2ccn3c(n2)nc2ccccc23)cc1. The van der Waals surface area contributed by atoms with Gasteiger partial charge in [-0.25, -0.2) is 15.0 Å². The standard InChI is InChI=1S/C21H22N4O3S.C14H15FN4.C14H16N4O.CH4/c1-16-8-10-17(11-9-16)29(26,27)28-15-5-13-24(2)20-12-14-25-19-7-4-3-6-18(19)22-21(25)23-20;1-18(9-4-8-15)13-7-10-19-12-6-3-2-5-11(12)16-14(19)17-13;1-17(8-4-10-19)13-7-9-18-12-6-3-2-5-11(12)15-14(18)16-13;/h3-4,6-12,14H,5,13,15H2,1-2H3;2-3,5-7,10H,4,8-9H2,1H3;2-3,5-7,9,19H,4,8,10H2,1H3;1H4. The van der Waals surface area contributed by atoms with Crippen LogP contribution in [-0.4, -0.2) is 117 Å². The van der Waals surface area contributed by atoms with E-state index in [-0.39, 0.29) is 32.2 Å². The highest BCUT2D eigenvalue weighted by atomic mass is 32.2. The molecule has 0 spiro atoms. The lowest BCUT2D eigenvalue weighted by Gasteiger charge is -2.18. The van der Waals surface area contributed by atoms with Gasteiger partial charge in [0.15, 0.2) is 0 Å². The summed E-state index contributed by atoms with van der Waals surface area (Å²) in [5.41, 5.74) is 6.90. The van der Waals surface area contributed by atoms with Gasteiger partial charge in [0.2, 0.25) is 17.3 Å². The lowest BCUT2D eigenvalue weighted by Crippen LogP contribution is -2.22. The number of aliphatic hydroxyl groups excluding tert-OH is 1. The molecule has 0 aliphatic heterocycles. The highest BCUT2D eigenvalue weighted by Gasteiger charge is 2.16. The number of hydrogen-bond acceptors (Lipinski definition) is 13. The Morgan fingerprint density at radius 1 is 0.544 bits per heavy atom. The molecule has 354 valence electrons. The van der Waals surface area contributed by atoms with Gasteiger partial charge < -0.3 is 19.8 Å². The van der Waals surface area contributed by atoms with Crippen LogP contribution in [0.4, 0.5) is 21.8 Å². The summed E-state index contributed by atoms with van der Waals surface area (Å²) in [6.45, 7) is 3.94. The van der Waals surface area contributed by atoms with Gasteiger partial charge in [-0.1, -0.05) is 61.5 Å². The number of fused-ring (bicyclic) bond motifs is 9. The van der Waals surface area contributed by atoms with Gasteiger partial charge in [0.05, 0.1) is 51.3 Å². The zero-order chi connectivity index (χ0) is 46.9. The number of nitrogens with zero attached hydrogens (tertiary/aromatic N) is 12. The van der Waals surface area contributed by atoms with Gasteiger partial charge in [0.25, 0.3) is 10.1 Å². The van der Waals surface area contributed by atoms with Crippen molar-refractivity contribution in [3.05, 3.63) is 139 Å². The molecule has 6 aromatic heterocycles. The van der Waals surface area contributed by atoms with Crippen LogP contribution in [0.25, 0.3) is 50.4 Å². The molecule has 1 N–H and O–H groups in total. The van der Waals surface area contributed by atoms with Crippen molar-refractivity contribution in [1.29, 1.82) is 0 Å². The molecule has 0 aliphatic rings. The molecule has 0 fully saturated rings. The molecule has 0 unspecified atom stereocenters. The molecule has 10 rings (SSSR count). The van der Waals surface area contributed by atoms with Gasteiger partial charge in [0, 0.05) is 66.0 Å². The molecule has 16 nitrogen and oxygen atoms in total. The van der Waals surface area contributed by atoms with Gasteiger partial charge in [-0.15, -0.1) is 0 Å². The number of rotatable bonds is 15. The summed E-state index contributed by atoms with van der Waals surface area (Å²) in [5, 5.41) is 8.87. The van der Waals surface area contributed by atoms with E-state index in [2.05, 4.69) is 29.9 Å². The molecular weight excluding hydrogens is 884 g/mol. The first kappa shape index (κ1) is 48.6. The minimum Gasteiger partial charge on any atom is -0.396 e. The molecule has 0 saturated heterocycles. The summed E-state index contributed by atoms with van der Waals surface area (Å²) >= 11 is 0. The Morgan fingerprint density at radius 2 is 0.926 bits per heavy atom.